The summed E-state index contributed by atoms with van der Waals surface area (Å²) in [6, 6.07) is 2.79. The van der Waals surface area contributed by atoms with Gasteiger partial charge in [-0.15, -0.1) is 0 Å². The molecule has 180 valence electrons. The number of nitrogens with zero attached hydrogens (tertiary/aromatic N) is 4. The van der Waals surface area contributed by atoms with Crippen LogP contribution in [0.4, 0.5) is 19.0 Å². The number of hydrogen-bond donors (Lipinski definition) is 1. The first-order valence-electron chi connectivity index (χ1n) is 11.0. The van der Waals surface area contributed by atoms with Gasteiger partial charge in [0.1, 0.15) is 24.2 Å². The lowest BCUT2D eigenvalue weighted by Crippen LogP contribution is -2.47. The molecule has 1 N–H and O–H groups in total. The van der Waals surface area contributed by atoms with Crippen molar-refractivity contribution in [3.8, 4) is 11.5 Å². The summed E-state index contributed by atoms with van der Waals surface area (Å²) in [6.07, 6.45) is 2.74. The third kappa shape index (κ3) is 4.15. The lowest BCUT2D eigenvalue weighted by atomic mass is 10.1. The molecule has 5 rings (SSSR count). The Morgan fingerprint density at radius 1 is 1.38 bits per heavy atom. The van der Waals surface area contributed by atoms with Gasteiger partial charge in [-0.3, -0.25) is 4.79 Å². The Labute approximate surface area is 193 Å². The summed E-state index contributed by atoms with van der Waals surface area (Å²) in [4.78, 5) is 17.2. The van der Waals surface area contributed by atoms with Crippen molar-refractivity contribution in [1.29, 1.82) is 0 Å². The Morgan fingerprint density at radius 2 is 2.21 bits per heavy atom. The monoisotopic (exact) mass is 475 g/mol. The number of nitrogens with one attached hydrogen (secondary N) is 1. The van der Waals surface area contributed by atoms with Gasteiger partial charge in [-0.1, -0.05) is 0 Å². The summed E-state index contributed by atoms with van der Waals surface area (Å²) < 4.78 is 55.2. The fraction of sp³-hybridized carbons (Fsp3) is 0.435. The molecule has 1 aliphatic heterocycles. The van der Waals surface area contributed by atoms with E-state index >= 15 is 0 Å². The van der Waals surface area contributed by atoms with Gasteiger partial charge in [0.25, 0.3) is 6.43 Å². The van der Waals surface area contributed by atoms with Gasteiger partial charge in [0, 0.05) is 24.1 Å². The summed E-state index contributed by atoms with van der Waals surface area (Å²) in [7, 11) is 1.88. The molecule has 1 aliphatic carbocycles. The molecule has 0 radical (unpaired) electrons. The number of hydrogen-bond acceptors (Lipinski definition) is 7. The highest BCUT2D eigenvalue weighted by Crippen LogP contribution is 2.45. The number of rotatable bonds is 9. The number of carbonyl (C=O) groups is 1. The number of anilines is 1. The molecule has 0 bridgehead atoms. The normalized spacial score (nSPS) is 18.6. The fourth-order valence-electron chi connectivity index (χ4n) is 4.27. The molecule has 34 heavy (non-hydrogen) atoms. The largest absolute Gasteiger partial charge is 0.493 e. The minimum Gasteiger partial charge on any atom is -0.493 e. The molecule has 1 saturated carbocycles. The van der Waals surface area contributed by atoms with E-state index in [-0.39, 0.29) is 41.3 Å². The molecule has 11 heteroatoms. The molecule has 1 fully saturated rings. The number of aromatic nitrogens is 3. The number of fused-ring (bicyclic) bond motifs is 2. The molecule has 3 heterocycles. The molecule has 0 saturated heterocycles. The van der Waals surface area contributed by atoms with Crippen LogP contribution in [0.15, 0.2) is 30.6 Å². The average Bonchev–Trinajstić information content (AvgIpc) is 3.47. The van der Waals surface area contributed by atoms with E-state index in [1.165, 1.54) is 40.0 Å². The highest BCUT2D eigenvalue weighted by molar-refractivity contribution is 5.84. The number of aldehydes is 1. The highest BCUT2D eigenvalue weighted by atomic mass is 19.3. The van der Waals surface area contributed by atoms with E-state index in [1.807, 2.05) is 7.05 Å². The summed E-state index contributed by atoms with van der Waals surface area (Å²) in [5.74, 6) is 0.318. The number of halogens is 3. The molecular formula is C23H24F3N5O3. The summed E-state index contributed by atoms with van der Waals surface area (Å²) in [5.41, 5.74) is 0.897. The molecule has 2 aliphatic rings. The maximum Gasteiger partial charge on any atom is 0.261 e. The maximum absolute atomic E-state index is 14.2. The van der Waals surface area contributed by atoms with Crippen molar-refractivity contribution in [3.63, 3.8) is 0 Å². The SMILES string of the molecule is CNCC1(COc2ccc(F)cc2CN2c3nc4c(C=O)cnn4cc3OCC2C(F)F)CC1. The van der Waals surface area contributed by atoms with E-state index in [1.54, 1.807) is 0 Å². The van der Waals surface area contributed by atoms with Crippen molar-refractivity contribution in [3.05, 3.63) is 47.5 Å². The maximum atomic E-state index is 14.2. The highest BCUT2D eigenvalue weighted by Gasteiger charge is 2.43. The minimum absolute atomic E-state index is 0.0396. The Morgan fingerprint density at radius 3 is 2.91 bits per heavy atom. The number of alkyl halides is 2. The van der Waals surface area contributed by atoms with Crippen LogP contribution in [0.5, 0.6) is 11.5 Å². The second-order valence-corrected chi connectivity index (χ2v) is 8.83. The first kappa shape index (κ1) is 22.5. The van der Waals surface area contributed by atoms with Gasteiger partial charge in [0.15, 0.2) is 23.5 Å². The van der Waals surface area contributed by atoms with E-state index in [0.29, 0.717) is 24.2 Å². The first-order valence-corrected chi connectivity index (χ1v) is 11.0. The van der Waals surface area contributed by atoms with Gasteiger partial charge in [-0.25, -0.2) is 22.7 Å². The van der Waals surface area contributed by atoms with Crippen LogP contribution in [-0.2, 0) is 6.54 Å². The van der Waals surface area contributed by atoms with Crippen LogP contribution in [-0.4, -0.2) is 60.2 Å². The fourth-order valence-corrected chi connectivity index (χ4v) is 4.27. The van der Waals surface area contributed by atoms with Gasteiger partial charge >= 0.3 is 0 Å². The van der Waals surface area contributed by atoms with Crippen molar-refractivity contribution in [2.75, 3.05) is 31.7 Å². The molecule has 0 amide bonds. The van der Waals surface area contributed by atoms with Crippen molar-refractivity contribution in [2.45, 2.75) is 31.9 Å². The standard InChI is InChI=1S/C23H24F3N5O3/c1-27-12-23(4-5-23)13-34-18-3-2-16(24)6-14(18)8-30-17(20(25)26)11-33-19-9-31-21(29-22(19)30)15(10-32)7-28-31/h2-3,6-7,9-10,17,20,27H,4-5,8,11-13H2,1H3. The van der Waals surface area contributed by atoms with Crippen molar-refractivity contribution in [2.24, 2.45) is 5.41 Å². The quantitative estimate of drug-likeness (QED) is 0.477. The predicted octanol–water partition coefficient (Wildman–Crippen LogP) is 3.09. The van der Waals surface area contributed by atoms with Crippen LogP contribution in [0.2, 0.25) is 0 Å². The topological polar surface area (TPSA) is 81.0 Å². The van der Waals surface area contributed by atoms with Crippen LogP contribution < -0.4 is 19.7 Å². The Hall–Kier alpha value is -3.34. The number of benzene rings is 1. The summed E-state index contributed by atoms with van der Waals surface area (Å²) >= 11 is 0. The third-order valence-electron chi connectivity index (χ3n) is 6.37. The second kappa shape index (κ2) is 8.79. The third-order valence-corrected chi connectivity index (χ3v) is 6.37. The second-order valence-electron chi connectivity index (χ2n) is 8.83. The zero-order valence-electron chi connectivity index (χ0n) is 18.5. The lowest BCUT2D eigenvalue weighted by Gasteiger charge is -2.37. The van der Waals surface area contributed by atoms with Gasteiger partial charge in [-0.05, 0) is 38.1 Å². The summed E-state index contributed by atoms with van der Waals surface area (Å²) in [6.45, 7) is 0.891. The summed E-state index contributed by atoms with van der Waals surface area (Å²) in [5, 5.41) is 7.22. The van der Waals surface area contributed by atoms with E-state index in [0.717, 1.165) is 19.4 Å². The zero-order valence-corrected chi connectivity index (χ0v) is 18.5. The molecule has 3 aromatic rings. The van der Waals surface area contributed by atoms with Crippen LogP contribution >= 0.6 is 0 Å². The molecule has 1 aromatic carbocycles. The van der Waals surface area contributed by atoms with E-state index in [4.69, 9.17) is 9.47 Å². The van der Waals surface area contributed by atoms with E-state index < -0.39 is 18.3 Å². The molecule has 8 nitrogen and oxygen atoms in total. The smallest absolute Gasteiger partial charge is 0.261 e. The van der Waals surface area contributed by atoms with Gasteiger partial charge < -0.3 is 19.7 Å². The Balaban J connectivity index is 1.50. The Kier molecular flexibility index (Phi) is 5.80. The predicted molar refractivity (Wildman–Crippen MR) is 117 cm³/mol. The molecule has 1 atom stereocenters. The van der Waals surface area contributed by atoms with Gasteiger partial charge in [0.2, 0.25) is 0 Å². The number of carbonyl (C=O) groups excluding carboxylic acids is 1. The van der Waals surface area contributed by atoms with Gasteiger partial charge in [-0.2, -0.15) is 5.10 Å². The molecule has 2 aromatic heterocycles. The van der Waals surface area contributed by atoms with Crippen LogP contribution in [0, 0.1) is 11.2 Å². The average molecular weight is 475 g/mol. The lowest BCUT2D eigenvalue weighted by molar-refractivity contribution is 0.0766. The van der Waals surface area contributed by atoms with Crippen molar-refractivity contribution < 1.29 is 27.4 Å². The Bertz CT molecular complexity index is 1210. The minimum atomic E-state index is -2.75. The zero-order chi connectivity index (χ0) is 23.9. The van der Waals surface area contributed by atoms with Crippen LogP contribution in [0.3, 0.4) is 0 Å². The van der Waals surface area contributed by atoms with Crippen LogP contribution in [0.25, 0.3) is 5.65 Å². The van der Waals surface area contributed by atoms with Crippen molar-refractivity contribution in [1.82, 2.24) is 19.9 Å². The van der Waals surface area contributed by atoms with Crippen molar-refractivity contribution >= 4 is 17.8 Å². The molecule has 1 unspecified atom stereocenters. The van der Waals surface area contributed by atoms with Gasteiger partial charge in [0.05, 0.1) is 24.6 Å². The van der Waals surface area contributed by atoms with E-state index in [2.05, 4.69) is 15.4 Å². The molecular weight excluding hydrogens is 451 g/mol. The molecule has 0 spiro atoms. The van der Waals surface area contributed by atoms with Crippen LogP contribution in [0.1, 0.15) is 28.8 Å². The van der Waals surface area contributed by atoms with E-state index in [9.17, 15) is 18.0 Å². The first-order chi connectivity index (χ1) is 16.4. The number of ether oxygens (including phenoxy) is 2.